The van der Waals surface area contributed by atoms with Crippen molar-refractivity contribution in [2.45, 2.75) is 0 Å². The van der Waals surface area contributed by atoms with Crippen molar-refractivity contribution >= 4 is 54.6 Å². The lowest BCUT2D eigenvalue weighted by atomic mass is 9.93. The second kappa shape index (κ2) is 7.83. The van der Waals surface area contributed by atoms with Gasteiger partial charge in [-0.05, 0) is 69.9 Å². The van der Waals surface area contributed by atoms with Gasteiger partial charge < -0.3 is 8.83 Å². The van der Waals surface area contributed by atoms with Crippen molar-refractivity contribution in [1.29, 1.82) is 5.26 Å². The molecule has 6 aromatic carbocycles. The number of hydrogen-bond acceptors (Lipinski definition) is 3. The summed E-state index contributed by atoms with van der Waals surface area (Å²) < 4.78 is 12.9. The molecule has 0 bridgehead atoms. The molecule has 0 saturated heterocycles. The second-order valence-corrected chi connectivity index (χ2v) is 9.67. The van der Waals surface area contributed by atoms with Crippen LogP contribution in [0.3, 0.4) is 0 Å². The standard InChI is InChI=1S/C35H19NO2/c36-20-21-6-5-7-22(16-21)23-12-13-25-18-26(15-14-24(25)17-23)33-34-28-9-2-4-11-31(28)37-32(34)19-29-27-8-1-3-10-30(27)38-35(29)33/h1-19H. The Hall–Kier alpha value is -5.33. The first kappa shape index (κ1) is 20.8. The molecular formula is C35H19NO2. The summed E-state index contributed by atoms with van der Waals surface area (Å²) in [5, 5.41) is 15.8. The van der Waals surface area contributed by atoms with E-state index in [1.165, 1.54) is 0 Å². The van der Waals surface area contributed by atoms with E-state index in [1.54, 1.807) is 0 Å². The maximum atomic E-state index is 9.30. The molecule has 3 nitrogen and oxygen atoms in total. The topological polar surface area (TPSA) is 50.1 Å². The van der Waals surface area contributed by atoms with Gasteiger partial charge in [0.15, 0.2) is 0 Å². The monoisotopic (exact) mass is 485 g/mol. The number of hydrogen-bond donors (Lipinski definition) is 0. The first-order chi connectivity index (χ1) is 18.8. The van der Waals surface area contributed by atoms with Crippen LogP contribution in [0.15, 0.2) is 124 Å². The third kappa shape index (κ3) is 3.01. The maximum absolute atomic E-state index is 9.30. The largest absolute Gasteiger partial charge is 0.456 e. The van der Waals surface area contributed by atoms with E-state index >= 15 is 0 Å². The van der Waals surface area contributed by atoms with Crippen LogP contribution in [0.2, 0.25) is 0 Å². The van der Waals surface area contributed by atoms with Crippen LogP contribution < -0.4 is 0 Å². The van der Waals surface area contributed by atoms with Crippen molar-refractivity contribution in [2.75, 3.05) is 0 Å². The molecule has 2 aromatic heterocycles. The minimum atomic E-state index is 0.660. The van der Waals surface area contributed by atoms with E-state index in [-0.39, 0.29) is 0 Å². The Morgan fingerprint density at radius 1 is 0.500 bits per heavy atom. The van der Waals surface area contributed by atoms with Gasteiger partial charge in [0, 0.05) is 27.1 Å². The van der Waals surface area contributed by atoms with Gasteiger partial charge in [-0.3, -0.25) is 0 Å². The van der Waals surface area contributed by atoms with Gasteiger partial charge in [0.2, 0.25) is 0 Å². The summed E-state index contributed by atoms with van der Waals surface area (Å²) in [6, 6.07) is 41.4. The zero-order chi connectivity index (χ0) is 25.2. The van der Waals surface area contributed by atoms with Crippen molar-refractivity contribution in [3.05, 3.63) is 121 Å². The molecule has 0 radical (unpaired) electrons. The fourth-order valence-corrected chi connectivity index (χ4v) is 5.69. The quantitative estimate of drug-likeness (QED) is 0.245. The average molecular weight is 486 g/mol. The molecular weight excluding hydrogens is 466 g/mol. The Balaban J connectivity index is 1.40. The Bertz CT molecular complexity index is 2250. The highest BCUT2D eigenvalue weighted by molar-refractivity contribution is 6.23. The number of benzene rings is 6. The van der Waals surface area contributed by atoms with E-state index in [4.69, 9.17) is 8.83 Å². The molecule has 176 valence electrons. The van der Waals surface area contributed by atoms with Gasteiger partial charge >= 0.3 is 0 Å². The summed E-state index contributed by atoms with van der Waals surface area (Å²) in [5.74, 6) is 0. The Morgan fingerprint density at radius 2 is 1.18 bits per heavy atom. The molecule has 0 aliphatic carbocycles. The molecule has 0 fully saturated rings. The first-order valence-corrected chi connectivity index (χ1v) is 12.6. The molecule has 0 unspecified atom stereocenters. The van der Waals surface area contributed by atoms with Crippen molar-refractivity contribution in [2.24, 2.45) is 0 Å². The van der Waals surface area contributed by atoms with Gasteiger partial charge in [0.1, 0.15) is 22.3 Å². The molecule has 0 saturated carbocycles. The minimum absolute atomic E-state index is 0.660. The highest BCUT2D eigenvalue weighted by Crippen LogP contribution is 2.45. The van der Waals surface area contributed by atoms with E-state index in [0.29, 0.717) is 5.56 Å². The number of nitrogens with zero attached hydrogens (tertiary/aromatic N) is 1. The minimum Gasteiger partial charge on any atom is -0.456 e. The summed E-state index contributed by atoms with van der Waals surface area (Å²) in [6.45, 7) is 0. The van der Waals surface area contributed by atoms with E-state index in [1.807, 2.05) is 60.7 Å². The highest BCUT2D eigenvalue weighted by Gasteiger charge is 2.21. The van der Waals surface area contributed by atoms with Crippen molar-refractivity contribution in [3.8, 4) is 28.3 Å². The predicted octanol–water partition coefficient (Wildman–Crippen LogP) is 9.84. The highest BCUT2D eigenvalue weighted by atomic mass is 16.3. The summed E-state index contributed by atoms with van der Waals surface area (Å²) in [7, 11) is 0. The zero-order valence-corrected chi connectivity index (χ0v) is 20.2. The Morgan fingerprint density at radius 3 is 2.00 bits per heavy atom. The van der Waals surface area contributed by atoms with Crippen molar-refractivity contribution < 1.29 is 8.83 Å². The summed E-state index contributed by atoms with van der Waals surface area (Å²) >= 11 is 0. The predicted molar refractivity (Wildman–Crippen MR) is 154 cm³/mol. The lowest BCUT2D eigenvalue weighted by Gasteiger charge is -2.09. The van der Waals surface area contributed by atoms with Gasteiger partial charge in [-0.1, -0.05) is 72.8 Å². The second-order valence-electron chi connectivity index (χ2n) is 9.67. The van der Waals surface area contributed by atoms with Crippen LogP contribution in [-0.4, -0.2) is 0 Å². The van der Waals surface area contributed by atoms with E-state index < -0.39 is 0 Å². The van der Waals surface area contributed by atoms with Crippen LogP contribution in [0.4, 0.5) is 0 Å². The fourth-order valence-electron chi connectivity index (χ4n) is 5.69. The lowest BCUT2D eigenvalue weighted by molar-refractivity contribution is 0.664. The molecule has 0 aliphatic heterocycles. The average Bonchev–Trinajstić information content (AvgIpc) is 3.53. The smallest absolute Gasteiger partial charge is 0.144 e. The fraction of sp³-hybridized carbons (Fsp3) is 0. The summed E-state index contributed by atoms with van der Waals surface area (Å²) in [6.07, 6.45) is 0. The molecule has 0 N–H and O–H groups in total. The SMILES string of the molecule is N#Cc1cccc(-c2ccc3cc(-c4c5oc6ccccc6c5cc5oc6ccccc6c45)ccc3c2)c1. The summed E-state index contributed by atoms with van der Waals surface area (Å²) in [5.41, 5.74) is 8.37. The number of furan rings is 2. The molecule has 38 heavy (non-hydrogen) atoms. The summed E-state index contributed by atoms with van der Waals surface area (Å²) in [4.78, 5) is 0. The van der Waals surface area contributed by atoms with Crippen LogP contribution in [0.25, 0.3) is 76.9 Å². The zero-order valence-electron chi connectivity index (χ0n) is 20.2. The van der Waals surface area contributed by atoms with Gasteiger partial charge in [-0.2, -0.15) is 5.26 Å². The van der Waals surface area contributed by atoms with E-state index in [2.05, 4.69) is 60.7 Å². The van der Waals surface area contributed by atoms with Crippen molar-refractivity contribution in [3.63, 3.8) is 0 Å². The lowest BCUT2D eigenvalue weighted by Crippen LogP contribution is -1.85. The van der Waals surface area contributed by atoms with Gasteiger partial charge in [0.05, 0.1) is 11.6 Å². The maximum Gasteiger partial charge on any atom is 0.144 e. The van der Waals surface area contributed by atoms with Crippen LogP contribution in [0.5, 0.6) is 0 Å². The molecule has 2 heterocycles. The van der Waals surface area contributed by atoms with Crippen LogP contribution in [0.1, 0.15) is 5.56 Å². The van der Waals surface area contributed by atoms with Gasteiger partial charge in [0.25, 0.3) is 0 Å². The number of para-hydroxylation sites is 2. The third-order valence-electron chi connectivity index (χ3n) is 7.46. The first-order valence-electron chi connectivity index (χ1n) is 12.6. The molecule has 0 spiro atoms. The van der Waals surface area contributed by atoms with Crippen LogP contribution >= 0.6 is 0 Å². The number of rotatable bonds is 2. The van der Waals surface area contributed by atoms with E-state index in [9.17, 15) is 5.26 Å². The van der Waals surface area contributed by atoms with Gasteiger partial charge in [-0.25, -0.2) is 0 Å². The van der Waals surface area contributed by atoms with Crippen molar-refractivity contribution in [1.82, 2.24) is 0 Å². The molecule has 0 amide bonds. The number of nitriles is 1. The van der Waals surface area contributed by atoms with Crippen LogP contribution in [0, 0.1) is 11.3 Å². The molecule has 0 atom stereocenters. The third-order valence-corrected chi connectivity index (χ3v) is 7.46. The molecule has 3 heteroatoms. The number of fused-ring (bicyclic) bond motifs is 7. The van der Waals surface area contributed by atoms with Crippen LogP contribution in [-0.2, 0) is 0 Å². The molecule has 8 rings (SSSR count). The van der Waals surface area contributed by atoms with E-state index in [0.717, 1.165) is 76.9 Å². The Labute approximate surface area is 217 Å². The van der Waals surface area contributed by atoms with Gasteiger partial charge in [-0.15, -0.1) is 0 Å². The molecule has 0 aliphatic rings. The Kier molecular flexibility index (Phi) is 4.29. The normalized spacial score (nSPS) is 11.7. The molecule has 8 aromatic rings.